The molecule has 2 aromatic rings. The van der Waals surface area contributed by atoms with Crippen molar-refractivity contribution in [1.29, 1.82) is 0 Å². The molecule has 192 valence electrons. The smallest absolute Gasteiger partial charge is 0.0451 e. The predicted octanol–water partition coefficient (Wildman–Crippen LogP) is 7.94. The summed E-state index contributed by atoms with van der Waals surface area (Å²) in [6.45, 7) is 19.9. The third kappa shape index (κ3) is 11.6. The molecule has 3 rings (SSSR count). The zero-order chi connectivity index (χ0) is 26.2. The number of hydrogen-bond donors (Lipinski definition) is 0. The van der Waals surface area contributed by atoms with Gasteiger partial charge in [0.15, 0.2) is 0 Å². The molecule has 1 aliphatic heterocycles. The number of likely N-dealkylation sites (tertiary alicyclic amines) is 1. The quantitative estimate of drug-likeness (QED) is 0.308. The Hall–Kier alpha value is -2.52. The van der Waals surface area contributed by atoms with Crippen molar-refractivity contribution >= 4 is 11.4 Å². The Morgan fingerprint density at radius 1 is 0.943 bits per heavy atom. The molecular weight excluding hydrogens is 426 g/mol. The molecule has 1 saturated heterocycles. The van der Waals surface area contributed by atoms with Crippen LogP contribution in [-0.4, -0.2) is 50.1 Å². The highest BCUT2D eigenvalue weighted by atomic mass is 15.1. The lowest BCUT2D eigenvalue weighted by molar-refractivity contribution is 0.207. The topological polar surface area (TPSA) is 28.0 Å². The standard InChI is InChI=1S/C19H30N2.C9H11N.C4H8/c1-5-6-11-21-12-9-17(10-13-21)19(20-4)18-8-7-15(2)14-16(18)3;1-8(10-2)9-6-4-3-5-7-9;1-4(2)3/h7-8,14,17H,5-6,9-13H2,1-4H3;3-7H,1-2H3;1H2,2-3H3. The molecule has 3 heteroatoms. The highest BCUT2D eigenvalue weighted by Crippen LogP contribution is 2.25. The maximum absolute atomic E-state index is 4.66. The summed E-state index contributed by atoms with van der Waals surface area (Å²) < 4.78 is 0. The molecule has 0 atom stereocenters. The first-order chi connectivity index (χ1) is 16.7. The van der Waals surface area contributed by atoms with Gasteiger partial charge < -0.3 is 4.90 Å². The Bertz CT molecular complexity index is 929. The molecule has 0 saturated carbocycles. The average Bonchev–Trinajstić information content (AvgIpc) is 2.85. The van der Waals surface area contributed by atoms with Crippen LogP contribution in [-0.2, 0) is 0 Å². The molecule has 0 radical (unpaired) electrons. The SMILES string of the molecule is C=C(C)C.CCCCN1CCC(C(=NC)c2ccc(C)cc2C)CC1.CN=C(C)c1ccccc1. The van der Waals surface area contributed by atoms with Gasteiger partial charge in [-0.1, -0.05) is 73.0 Å². The molecule has 0 aromatic heterocycles. The van der Waals surface area contributed by atoms with Crippen LogP contribution in [0.2, 0.25) is 0 Å². The molecule has 1 fully saturated rings. The fourth-order valence-corrected chi connectivity index (χ4v) is 4.24. The highest BCUT2D eigenvalue weighted by molar-refractivity contribution is 6.03. The minimum Gasteiger partial charge on any atom is -0.303 e. The minimum absolute atomic E-state index is 0.634. The molecule has 0 aliphatic carbocycles. The number of allylic oxidation sites excluding steroid dienone is 1. The fourth-order valence-electron chi connectivity index (χ4n) is 4.24. The zero-order valence-corrected chi connectivity index (χ0v) is 23.7. The molecule has 0 N–H and O–H groups in total. The van der Waals surface area contributed by atoms with Crippen molar-refractivity contribution in [1.82, 2.24) is 4.90 Å². The van der Waals surface area contributed by atoms with Crippen LogP contribution in [0.25, 0.3) is 0 Å². The summed E-state index contributed by atoms with van der Waals surface area (Å²) >= 11 is 0. The van der Waals surface area contributed by atoms with Gasteiger partial charge in [-0.05, 0) is 90.2 Å². The van der Waals surface area contributed by atoms with Gasteiger partial charge in [-0.15, -0.1) is 6.58 Å². The first-order valence-electron chi connectivity index (χ1n) is 13.1. The lowest BCUT2D eigenvalue weighted by Gasteiger charge is -2.33. The van der Waals surface area contributed by atoms with Crippen molar-refractivity contribution in [2.24, 2.45) is 15.9 Å². The van der Waals surface area contributed by atoms with Crippen LogP contribution in [0.15, 0.2) is 70.7 Å². The summed E-state index contributed by atoms with van der Waals surface area (Å²) in [6.07, 6.45) is 5.13. The van der Waals surface area contributed by atoms with Crippen LogP contribution in [0, 0.1) is 19.8 Å². The number of unbranched alkanes of at least 4 members (excludes halogenated alkanes) is 1. The Labute approximate surface area is 216 Å². The number of hydrogen-bond acceptors (Lipinski definition) is 3. The number of benzene rings is 2. The van der Waals surface area contributed by atoms with Crippen LogP contribution in [0.5, 0.6) is 0 Å². The van der Waals surface area contributed by atoms with Crippen molar-refractivity contribution in [2.45, 2.75) is 67.2 Å². The second-order valence-electron chi connectivity index (χ2n) is 9.78. The van der Waals surface area contributed by atoms with E-state index in [4.69, 9.17) is 0 Å². The normalized spacial score (nSPS) is 15.0. The average molecular weight is 476 g/mol. The largest absolute Gasteiger partial charge is 0.303 e. The van der Waals surface area contributed by atoms with E-state index >= 15 is 0 Å². The van der Waals surface area contributed by atoms with Crippen LogP contribution >= 0.6 is 0 Å². The summed E-state index contributed by atoms with van der Waals surface area (Å²) in [6, 6.07) is 16.9. The van der Waals surface area contributed by atoms with E-state index in [0.29, 0.717) is 5.92 Å². The number of aliphatic imine (C=N–C) groups is 2. The van der Waals surface area contributed by atoms with Crippen LogP contribution in [0.3, 0.4) is 0 Å². The molecule has 0 spiro atoms. The fraction of sp³-hybridized carbons (Fsp3) is 0.500. The maximum atomic E-state index is 4.66. The van der Waals surface area contributed by atoms with E-state index in [1.165, 1.54) is 78.9 Å². The maximum Gasteiger partial charge on any atom is 0.0451 e. The van der Waals surface area contributed by atoms with Crippen LogP contribution in [0.4, 0.5) is 0 Å². The van der Waals surface area contributed by atoms with E-state index in [1.807, 2.05) is 53.1 Å². The van der Waals surface area contributed by atoms with Crippen molar-refractivity contribution in [3.05, 3.63) is 82.9 Å². The van der Waals surface area contributed by atoms with Gasteiger partial charge in [0.2, 0.25) is 0 Å². The Balaban J connectivity index is 0.000000362. The number of rotatable bonds is 6. The van der Waals surface area contributed by atoms with E-state index in [-0.39, 0.29) is 0 Å². The van der Waals surface area contributed by atoms with Gasteiger partial charge >= 0.3 is 0 Å². The van der Waals surface area contributed by atoms with E-state index in [1.54, 1.807) is 0 Å². The molecule has 0 unspecified atom stereocenters. The van der Waals surface area contributed by atoms with Crippen molar-refractivity contribution in [2.75, 3.05) is 33.7 Å². The molecule has 2 aromatic carbocycles. The summed E-state index contributed by atoms with van der Waals surface area (Å²) in [5.41, 5.74) is 8.83. The second-order valence-corrected chi connectivity index (χ2v) is 9.78. The Kier molecular flexibility index (Phi) is 14.8. The van der Waals surface area contributed by atoms with E-state index in [0.717, 1.165) is 5.71 Å². The molecule has 0 bridgehead atoms. The van der Waals surface area contributed by atoms with Gasteiger partial charge in [-0.3, -0.25) is 9.98 Å². The van der Waals surface area contributed by atoms with Crippen molar-refractivity contribution in [3.63, 3.8) is 0 Å². The molecule has 1 aliphatic rings. The minimum atomic E-state index is 0.634. The van der Waals surface area contributed by atoms with Crippen molar-refractivity contribution < 1.29 is 0 Å². The zero-order valence-electron chi connectivity index (χ0n) is 23.7. The van der Waals surface area contributed by atoms with E-state index < -0.39 is 0 Å². The van der Waals surface area contributed by atoms with Gasteiger partial charge in [-0.2, -0.15) is 0 Å². The van der Waals surface area contributed by atoms with Gasteiger partial charge in [-0.25, -0.2) is 0 Å². The lowest BCUT2D eigenvalue weighted by atomic mass is 9.86. The Morgan fingerprint density at radius 2 is 1.54 bits per heavy atom. The molecule has 35 heavy (non-hydrogen) atoms. The summed E-state index contributed by atoms with van der Waals surface area (Å²) in [5.74, 6) is 0.634. The summed E-state index contributed by atoms with van der Waals surface area (Å²) in [5, 5.41) is 0. The van der Waals surface area contributed by atoms with E-state index in [2.05, 4.69) is 72.6 Å². The van der Waals surface area contributed by atoms with Gasteiger partial charge in [0.25, 0.3) is 0 Å². The second kappa shape index (κ2) is 17.0. The molecule has 3 nitrogen and oxygen atoms in total. The molecular formula is C32H49N3. The first kappa shape index (κ1) is 30.5. The van der Waals surface area contributed by atoms with Gasteiger partial charge in [0.05, 0.1) is 0 Å². The third-order valence-electron chi connectivity index (χ3n) is 6.23. The number of piperidine rings is 1. The van der Waals surface area contributed by atoms with E-state index in [9.17, 15) is 0 Å². The van der Waals surface area contributed by atoms with Crippen LogP contribution < -0.4 is 0 Å². The first-order valence-corrected chi connectivity index (χ1v) is 13.1. The molecule has 0 amide bonds. The highest BCUT2D eigenvalue weighted by Gasteiger charge is 2.24. The van der Waals surface area contributed by atoms with Gasteiger partial charge in [0.1, 0.15) is 0 Å². The Morgan fingerprint density at radius 3 is 2.03 bits per heavy atom. The van der Waals surface area contributed by atoms with Crippen molar-refractivity contribution in [3.8, 4) is 0 Å². The summed E-state index contributed by atoms with van der Waals surface area (Å²) in [7, 11) is 3.76. The predicted molar refractivity (Wildman–Crippen MR) is 158 cm³/mol. The third-order valence-corrected chi connectivity index (χ3v) is 6.23. The number of aryl methyl sites for hydroxylation is 2. The summed E-state index contributed by atoms with van der Waals surface area (Å²) in [4.78, 5) is 11.4. The number of nitrogens with zero attached hydrogens (tertiary/aromatic N) is 3. The molecule has 1 heterocycles. The monoisotopic (exact) mass is 475 g/mol. The van der Waals surface area contributed by atoms with Gasteiger partial charge in [0, 0.05) is 31.4 Å². The van der Waals surface area contributed by atoms with Crippen LogP contribution in [0.1, 0.15) is 75.6 Å². The lowest BCUT2D eigenvalue weighted by Crippen LogP contribution is -2.37.